The van der Waals surface area contributed by atoms with E-state index in [2.05, 4.69) is 15.0 Å². The first-order valence-corrected chi connectivity index (χ1v) is 10.0. The summed E-state index contributed by atoms with van der Waals surface area (Å²) in [5, 5.41) is 0.580. The second kappa shape index (κ2) is 6.57. The summed E-state index contributed by atoms with van der Waals surface area (Å²) in [7, 11) is 1.09. The van der Waals surface area contributed by atoms with E-state index in [4.69, 9.17) is 9.47 Å². The number of benzene rings is 1. The van der Waals surface area contributed by atoms with Crippen LogP contribution < -0.4 is 9.47 Å². The summed E-state index contributed by atoms with van der Waals surface area (Å²) in [4.78, 5) is 12.3. The molecule has 7 heteroatoms. The molecule has 0 amide bonds. The van der Waals surface area contributed by atoms with E-state index in [1.807, 2.05) is 38.3 Å². The predicted octanol–water partition coefficient (Wildman–Crippen LogP) is 4.06. The number of aromatic nitrogens is 3. The summed E-state index contributed by atoms with van der Waals surface area (Å²) < 4.78 is 21.8. The van der Waals surface area contributed by atoms with Crippen molar-refractivity contribution < 1.29 is 14.0 Å². The largest absolute Gasteiger partial charge is 0.497 e. The zero-order valence-corrected chi connectivity index (χ0v) is 15.9. The minimum absolute atomic E-state index is 0.409. The first kappa shape index (κ1) is 17.6. The van der Waals surface area contributed by atoms with Gasteiger partial charge >= 0.3 is 0 Å². The number of nitrogens with one attached hydrogen (secondary N) is 1. The maximum Gasteiger partial charge on any atom is 0.171 e. The van der Waals surface area contributed by atoms with Gasteiger partial charge in [-0.15, -0.1) is 0 Å². The maximum atomic E-state index is 11.1. The van der Waals surface area contributed by atoms with E-state index in [1.54, 1.807) is 20.4 Å². The fraction of sp³-hybridized carbons (Fsp3) is 0.333. The molecule has 134 valence electrons. The summed E-state index contributed by atoms with van der Waals surface area (Å²) >= 11 is 0. The highest BCUT2D eigenvalue weighted by molar-refractivity contribution is 8.27. The van der Waals surface area contributed by atoms with Gasteiger partial charge in [0.15, 0.2) is 5.16 Å². The van der Waals surface area contributed by atoms with Gasteiger partial charge < -0.3 is 19.0 Å². The lowest BCUT2D eigenvalue weighted by molar-refractivity contribution is 0.407. The molecule has 2 aromatic heterocycles. The van der Waals surface area contributed by atoms with E-state index in [9.17, 15) is 4.55 Å². The van der Waals surface area contributed by atoms with Crippen LogP contribution in [0.3, 0.4) is 0 Å². The summed E-state index contributed by atoms with van der Waals surface area (Å²) in [6, 6.07) is 5.61. The van der Waals surface area contributed by atoms with Gasteiger partial charge in [0.05, 0.1) is 30.9 Å². The summed E-state index contributed by atoms with van der Waals surface area (Å²) in [5.74, 6) is 1.97. The molecule has 3 rings (SSSR count). The number of hydrogen-bond donors (Lipinski definition) is 2. The topological polar surface area (TPSA) is 80.3 Å². The van der Waals surface area contributed by atoms with Crippen molar-refractivity contribution in [3.05, 3.63) is 41.2 Å². The van der Waals surface area contributed by atoms with Gasteiger partial charge in [0, 0.05) is 29.1 Å². The third-order valence-corrected chi connectivity index (χ3v) is 6.11. The Labute approximate surface area is 148 Å². The van der Waals surface area contributed by atoms with Crippen LogP contribution in [0.5, 0.6) is 11.5 Å². The molecule has 0 aliphatic rings. The molecule has 0 fully saturated rings. The average Bonchev–Trinajstić information content (AvgIpc) is 3.02. The summed E-state index contributed by atoms with van der Waals surface area (Å²) in [6.07, 6.45) is 3.59. The Balaban J connectivity index is 1.97. The highest BCUT2D eigenvalue weighted by atomic mass is 32.3. The third-order valence-electron chi connectivity index (χ3n) is 4.25. The maximum absolute atomic E-state index is 11.1. The lowest BCUT2D eigenvalue weighted by Crippen LogP contribution is -2.07. The number of aryl methyl sites for hydroxylation is 1. The Morgan fingerprint density at radius 2 is 1.96 bits per heavy atom. The minimum Gasteiger partial charge on any atom is -0.497 e. The molecule has 1 aromatic carbocycles. The predicted molar refractivity (Wildman–Crippen MR) is 101 cm³/mol. The van der Waals surface area contributed by atoms with E-state index in [0.29, 0.717) is 10.9 Å². The molecule has 1 atom stereocenters. The van der Waals surface area contributed by atoms with Crippen molar-refractivity contribution in [3.8, 4) is 11.5 Å². The van der Waals surface area contributed by atoms with E-state index in [1.165, 1.54) is 0 Å². The second-order valence-electron chi connectivity index (χ2n) is 6.16. The number of pyridine rings is 1. The first-order chi connectivity index (χ1) is 11.9. The molecule has 0 radical (unpaired) electrons. The second-order valence-corrected chi connectivity index (χ2v) is 8.91. The number of H-pyrrole nitrogens is 1. The molecule has 0 aliphatic carbocycles. The number of nitrogens with zero attached hydrogens (tertiary/aromatic N) is 2. The van der Waals surface area contributed by atoms with Gasteiger partial charge in [-0.3, -0.25) is 4.98 Å². The lowest BCUT2D eigenvalue weighted by Gasteiger charge is -2.27. The number of rotatable bonds is 5. The monoisotopic (exact) mass is 361 g/mol. The van der Waals surface area contributed by atoms with Gasteiger partial charge in [-0.2, -0.15) is 0 Å². The van der Waals surface area contributed by atoms with Crippen molar-refractivity contribution in [1.82, 2.24) is 15.0 Å². The Morgan fingerprint density at radius 3 is 2.64 bits per heavy atom. The number of methoxy groups -OCH3 is 2. The van der Waals surface area contributed by atoms with E-state index in [-0.39, 0.29) is 0 Å². The molecule has 2 N–H and O–H groups in total. The fourth-order valence-corrected chi connectivity index (χ4v) is 4.44. The highest BCUT2D eigenvalue weighted by Gasteiger charge is 2.25. The Kier molecular flexibility index (Phi) is 4.62. The number of fused-ring (bicyclic) bond motifs is 1. The molecule has 3 aromatic rings. The van der Waals surface area contributed by atoms with Gasteiger partial charge in [0.2, 0.25) is 0 Å². The van der Waals surface area contributed by atoms with Crippen molar-refractivity contribution in [2.24, 2.45) is 0 Å². The van der Waals surface area contributed by atoms with E-state index in [0.717, 1.165) is 39.4 Å². The summed E-state index contributed by atoms with van der Waals surface area (Å²) in [6.45, 7) is 3.92. The van der Waals surface area contributed by atoms with Crippen LogP contribution in [0.1, 0.15) is 16.8 Å². The molecule has 0 saturated carbocycles. The quantitative estimate of drug-likeness (QED) is 0.716. The number of ether oxygens (including phenoxy) is 2. The lowest BCUT2D eigenvalue weighted by atomic mass is 10.1. The average molecular weight is 361 g/mol. The van der Waals surface area contributed by atoms with Crippen LogP contribution in [0.2, 0.25) is 0 Å². The van der Waals surface area contributed by atoms with Gasteiger partial charge in [-0.05, 0) is 32.2 Å². The van der Waals surface area contributed by atoms with Crippen LogP contribution in [0.15, 0.2) is 29.6 Å². The number of imidazole rings is 1. The molecular formula is C18H23N3O3S. The van der Waals surface area contributed by atoms with Crippen molar-refractivity contribution >= 4 is 21.3 Å². The number of aromatic amines is 1. The minimum atomic E-state index is -2.18. The number of hydrogen-bond acceptors (Lipinski definition) is 5. The third kappa shape index (κ3) is 3.29. The molecule has 2 heterocycles. The molecule has 6 nitrogen and oxygen atoms in total. The molecule has 25 heavy (non-hydrogen) atoms. The fourth-order valence-electron chi connectivity index (χ4n) is 2.85. The van der Waals surface area contributed by atoms with Gasteiger partial charge in [-0.25, -0.2) is 4.98 Å². The SMILES string of the molecule is COc1ccc2nc(S(C)(O)Cc3ncc(C)c(OC)c3C)[nH]c2c1. The van der Waals surface area contributed by atoms with E-state index < -0.39 is 10.3 Å². The molecule has 0 saturated heterocycles. The van der Waals surface area contributed by atoms with Crippen LogP contribution in [0, 0.1) is 13.8 Å². The van der Waals surface area contributed by atoms with Gasteiger partial charge in [-0.1, -0.05) is 10.3 Å². The smallest absolute Gasteiger partial charge is 0.171 e. The van der Waals surface area contributed by atoms with Gasteiger partial charge in [0.1, 0.15) is 11.5 Å². The van der Waals surface area contributed by atoms with Crippen LogP contribution in [0.4, 0.5) is 0 Å². The van der Waals surface area contributed by atoms with Crippen LogP contribution in [-0.2, 0) is 5.75 Å². The molecule has 0 spiro atoms. The van der Waals surface area contributed by atoms with Gasteiger partial charge in [0.25, 0.3) is 0 Å². The summed E-state index contributed by atoms with van der Waals surface area (Å²) in [5.41, 5.74) is 4.39. The van der Waals surface area contributed by atoms with Crippen LogP contribution in [0.25, 0.3) is 11.0 Å². The van der Waals surface area contributed by atoms with Crippen molar-refractivity contribution in [3.63, 3.8) is 0 Å². The van der Waals surface area contributed by atoms with Crippen molar-refractivity contribution in [2.45, 2.75) is 24.8 Å². The van der Waals surface area contributed by atoms with Crippen molar-refractivity contribution in [2.75, 3.05) is 20.5 Å². The zero-order chi connectivity index (χ0) is 18.2. The molecule has 0 bridgehead atoms. The normalized spacial score (nSPS) is 15.0. The van der Waals surface area contributed by atoms with E-state index >= 15 is 0 Å². The molecular weight excluding hydrogens is 338 g/mol. The van der Waals surface area contributed by atoms with Crippen molar-refractivity contribution in [1.29, 1.82) is 0 Å². The van der Waals surface area contributed by atoms with Crippen LogP contribution in [-0.4, -0.2) is 40.0 Å². The zero-order valence-electron chi connectivity index (χ0n) is 15.1. The molecule has 0 aliphatic heterocycles. The highest BCUT2D eigenvalue weighted by Crippen LogP contribution is 2.50. The standard InChI is InChI=1S/C18H23N3O3S/c1-11-9-19-16(12(2)17(11)24-4)10-25(5,22)18-20-14-7-6-13(23-3)8-15(14)21-18/h6-9,22H,10H2,1-5H3,(H,20,21). The Hall–Kier alpha value is -2.25. The van der Waals surface area contributed by atoms with Crippen LogP contribution >= 0.6 is 10.3 Å². The molecule has 1 unspecified atom stereocenters. The Bertz CT molecular complexity index is 921. The Morgan fingerprint density at radius 1 is 1.20 bits per heavy atom. The first-order valence-electron chi connectivity index (χ1n) is 7.87.